The maximum atomic E-state index is 13.9. The highest BCUT2D eigenvalue weighted by Gasteiger charge is 2.11. The minimum Gasteiger partial charge on any atom is -0.206 e. The molecule has 116 valence electrons. The summed E-state index contributed by atoms with van der Waals surface area (Å²) in [5.41, 5.74) is 4.09. The molecule has 3 rings (SSSR count). The van der Waals surface area contributed by atoms with Gasteiger partial charge in [0.1, 0.15) is 5.82 Å². The van der Waals surface area contributed by atoms with Crippen LogP contribution >= 0.6 is 0 Å². The lowest BCUT2D eigenvalue weighted by Crippen LogP contribution is -1.95. The number of hydrogen-bond donors (Lipinski definition) is 0. The Hall–Kier alpha value is -2.55. The Balaban J connectivity index is 1.86. The van der Waals surface area contributed by atoms with Gasteiger partial charge in [0, 0.05) is 11.6 Å². The van der Waals surface area contributed by atoms with Gasteiger partial charge in [-0.2, -0.15) is 8.78 Å². The van der Waals surface area contributed by atoms with E-state index in [4.69, 9.17) is 0 Å². The molecule has 1 aliphatic rings. The van der Waals surface area contributed by atoms with E-state index in [1.165, 1.54) is 23.3 Å². The van der Waals surface area contributed by atoms with Gasteiger partial charge in [-0.3, -0.25) is 0 Å². The molecular formula is C20H15F3. The quantitative estimate of drug-likeness (QED) is 0.621. The van der Waals surface area contributed by atoms with Gasteiger partial charge in [-0.05, 0) is 41.2 Å². The van der Waals surface area contributed by atoms with Gasteiger partial charge in [0.2, 0.25) is 0 Å². The maximum Gasteiger partial charge on any atom is 0.271 e. The van der Waals surface area contributed by atoms with Crippen LogP contribution in [0.25, 0.3) is 17.2 Å². The molecule has 2 aromatic rings. The van der Waals surface area contributed by atoms with Gasteiger partial charge < -0.3 is 0 Å². The zero-order valence-electron chi connectivity index (χ0n) is 12.4. The fraction of sp³-hybridized carbons (Fsp3) is 0.100. The summed E-state index contributed by atoms with van der Waals surface area (Å²) in [6.45, 7) is 0. The molecule has 0 amide bonds. The minimum atomic E-state index is -1.90. The lowest BCUT2D eigenvalue weighted by atomic mass is 9.90. The first-order chi connectivity index (χ1) is 11.1. The van der Waals surface area contributed by atoms with Crippen molar-refractivity contribution in [3.05, 3.63) is 89.3 Å². The van der Waals surface area contributed by atoms with Gasteiger partial charge in [-0.1, -0.05) is 54.6 Å². The highest BCUT2D eigenvalue weighted by atomic mass is 19.3. The third-order valence-electron chi connectivity index (χ3n) is 3.93. The van der Waals surface area contributed by atoms with Crippen LogP contribution in [0.2, 0.25) is 0 Å². The molecule has 0 radical (unpaired) electrons. The predicted molar refractivity (Wildman–Crippen MR) is 88.2 cm³/mol. The van der Waals surface area contributed by atoms with E-state index in [1.807, 2.05) is 30.4 Å². The number of rotatable bonds is 3. The monoisotopic (exact) mass is 312 g/mol. The molecule has 0 aliphatic heterocycles. The molecule has 0 saturated heterocycles. The van der Waals surface area contributed by atoms with E-state index in [1.54, 1.807) is 6.07 Å². The average Bonchev–Trinajstić information content (AvgIpc) is 2.57. The van der Waals surface area contributed by atoms with Gasteiger partial charge in [0.05, 0.1) is 0 Å². The molecule has 0 N–H and O–H groups in total. The van der Waals surface area contributed by atoms with Crippen LogP contribution in [-0.2, 0) is 0 Å². The standard InChI is InChI=1S/C20H15F3/c21-19-12-17(10-11-18(19)13-20(22)23)16-8-6-15(7-9-16)14-4-2-1-3-5-14/h1-6,8,10-13H,7,9H2. The second kappa shape index (κ2) is 6.69. The molecule has 23 heavy (non-hydrogen) atoms. The summed E-state index contributed by atoms with van der Waals surface area (Å²) >= 11 is 0. The molecule has 2 aromatic carbocycles. The van der Waals surface area contributed by atoms with Crippen LogP contribution < -0.4 is 0 Å². The van der Waals surface area contributed by atoms with Gasteiger partial charge in [-0.15, -0.1) is 0 Å². The molecule has 0 heterocycles. The molecule has 0 atom stereocenters. The Labute approximate surface area is 133 Å². The fourth-order valence-electron chi connectivity index (χ4n) is 2.73. The van der Waals surface area contributed by atoms with Crippen molar-refractivity contribution in [2.75, 3.05) is 0 Å². The second-order valence-corrected chi connectivity index (χ2v) is 5.42. The first-order valence-electron chi connectivity index (χ1n) is 7.41. The van der Waals surface area contributed by atoms with E-state index in [9.17, 15) is 13.2 Å². The molecule has 0 unspecified atom stereocenters. The van der Waals surface area contributed by atoms with Crippen LogP contribution in [0.15, 0.2) is 66.8 Å². The van der Waals surface area contributed by atoms with Crippen molar-refractivity contribution in [2.45, 2.75) is 12.8 Å². The highest BCUT2D eigenvalue weighted by Crippen LogP contribution is 2.32. The lowest BCUT2D eigenvalue weighted by molar-refractivity contribution is 0.429. The van der Waals surface area contributed by atoms with E-state index in [2.05, 4.69) is 12.1 Å². The predicted octanol–water partition coefficient (Wildman–Crippen LogP) is 6.32. The Morgan fingerprint density at radius 2 is 1.48 bits per heavy atom. The van der Waals surface area contributed by atoms with Crippen LogP contribution in [0.1, 0.15) is 29.5 Å². The summed E-state index contributed by atoms with van der Waals surface area (Å²) in [5.74, 6) is -0.631. The number of halogens is 3. The Morgan fingerprint density at radius 1 is 0.826 bits per heavy atom. The van der Waals surface area contributed by atoms with Crippen molar-refractivity contribution >= 4 is 17.2 Å². The zero-order chi connectivity index (χ0) is 16.2. The Bertz CT molecular complexity index is 795. The molecule has 0 spiro atoms. The Kier molecular flexibility index (Phi) is 4.47. The normalized spacial score (nSPS) is 14.0. The fourth-order valence-corrected chi connectivity index (χ4v) is 2.73. The molecule has 0 saturated carbocycles. The smallest absolute Gasteiger partial charge is 0.206 e. The average molecular weight is 312 g/mol. The molecular weight excluding hydrogens is 297 g/mol. The maximum absolute atomic E-state index is 13.9. The summed E-state index contributed by atoms with van der Waals surface area (Å²) in [7, 11) is 0. The van der Waals surface area contributed by atoms with E-state index < -0.39 is 11.9 Å². The molecule has 0 aromatic heterocycles. The number of benzene rings is 2. The summed E-state index contributed by atoms with van der Waals surface area (Å²) in [6.07, 6.45) is 4.34. The molecule has 0 nitrogen and oxygen atoms in total. The second-order valence-electron chi connectivity index (χ2n) is 5.42. The first-order valence-corrected chi connectivity index (χ1v) is 7.41. The van der Waals surface area contributed by atoms with Gasteiger partial charge in [0.25, 0.3) is 6.08 Å². The highest BCUT2D eigenvalue weighted by molar-refractivity contribution is 5.78. The number of allylic oxidation sites excluding steroid dienone is 4. The van der Waals surface area contributed by atoms with Crippen LogP contribution in [0.5, 0.6) is 0 Å². The third-order valence-corrected chi connectivity index (χ3v) is 3.93. The summed E-state index contributed by atoms with van der Waals surface area (Å²) in [4.78, 5) is 0. The van der Waals surface area contributed by atoms with Gasteiger partial charge in [0.15, 0.2) is 0 Å². The van der Waals surface area contributed by atoms with E-state index >= 15 is 0 Å². The van der Waals surface area contributed by atoms with E-state index in [-0.39, 0.29) is 5.56 Å². The van der Waals surface area contributed by atoms with Crippen molar-refractivity contribution in [3.8, 4) is 0 Å². The van der Waals surface area contributed by atoms with Gasteiger partial charge in [-0.25, -0.2) is 4.39 Å². The molecule has 1 aliphatic carbocycles. The van der Waals surface area contributed by atoms with Crippen LogP contribution in [0.3, 0.4) is 0 Å². The van der Waals surface area contributed by atoms with Crippen molar-refractivity contribution in [3.63, 3.8) is 0 Å². The topological polar surface area (TPSA) is 0 Å². The van der Waals surface area contributed by atoms with Crippen molar-refractivity contribution in [1.82, 2.24) is 0 Å². The summed E-state index contributed by atoms with van der Waals surface area (Å²) in [6, 6.07) is 14.5. The Morgan fingerprint density at radius 3 is 2.04 bits per heavy atom. The number of hydrogen-bond acceptors (Lipinski definition) is 0. The SMILES string of the molecule is FC(F)=Cc1ccc(C2=CC=C(c3ccccc3)CC2)cc1F. The van der Waals surface area contributed by atoms with E-state index in [0.717, 1.165) is 24.0 Å². The molecule has 0 fully saturated rings. The molecule has 3 heteroatoms. The van der Waals surface area contributed by atoms with Crippen LogP contribution in [-0.4, -0.2) is 0 Å². The van der Waals surface area contributed by atoms with Crippen molar-refractivity contribution in [1.29, 1.82) is 0 Å². The zero-order valence-corrected chi connectivity index (χ0v) is 12.4. The first kappa shape index (κ1) is 15.3. The minimum absolute atomic E-state index is 0.0920. The van der Waals surface area contributed by atoms with Crippen LogP contribution in [0.4, 0.5) is 13.2 Å². The van der Waals surface area contributed by atoms with Crippen molar-refractivity contribution in [2.24, 2.45) is 0 Å². The van der Waals surface area contributed by atoms with Crippen LogP contribution in [0, 0.1) is 5.82 Å². The van der Waals surface area contributed by atoms with E-state index in [0.29, 0.717) is 6.08 Å². The third kappa shape index (κ3) is 3.62. The summed E-state index contributed by atoms with van der Waals surface area (Å²) < 4.78 is 38.4. The largest absolute Gasteiger partial charge is 0.271 e. The molecule has 0 bridgehead atoms. The van der Waals surface area contributed by atoms with Gasteiger partial charge >= 0.3 is 0 Å². The van der Waals surface area contributed by atoms with Crippen molar-refractivity contribution < 1.29 is 13.2 Å². The lowest BCUT2D eigenvalue weighted by Gasteiger charge is -2.15. The summed E-state index contributed by atoms with van der Waals surface area (Å²) in [5, 5.41) is 0.